The van der Waals surface area contributed by atoms with Gasteiger partial charge in [0.05, 0.1) is 22.2 Å². The van der Waals surface area contributed by atoms with Crippen LogP contribution in [0.4, 0.5) is 0 Å². The van der Waals surface area contributed by atoms with Gasteiger partial charge in [0.15, 0.2) is 0 Å². The third-order valence-corrected chi connectivity index (χ3v) is 11.5. The molecule has 0 atom stereocenters. The number of pyridine rings is 1. The van der Waals surface area contributed by atoms with Crippen LogP contribution in [0.3, 0.4) is 0 Å². The fourth-order valence-corrected chi connectivity index (χ4v) is 9.44. The van der Waals surface area contributed by atoms with E-state index in [-0.39, 0.29) is 0 Å². The maximum absolute atomic E-state index is 5.35. The summed E-state index contributed by atoms with van der Waals surface area (Å²) in [6, 6.07) is 52.7. The van der Waals surface area contributed by atoms with E-state index in [0.717, 1.165) is 28.0 Å². The van der Waals surface area contributed by atoms with Crippen molar-refractivity contribution in [3.8, 4) is 28.1 Å². The molecular formula is C41H24N2S2. The van der Waals surface area contributed by atoms with Gasteiger partial charge < -0.3 is 4.57 Å². The molecule has 0 aliphatic heterocycles. The molecule has 4 heterocycles. The molecule has 4 aromatic heterocycles. The quantitative estimate of drug-likeness (QED) is 0.195. The van der Waals surface area contributed by atoms with Gasteiger partial charge in [-0.2, -0.15) is 0 Å². The molecule has 45 heavy (non-hydrogen) atoms. The van der Waals surface area contributed by atoms with E-state index in [2.05, 4.69) is 150 Å². The third kappa shape index (κ3) is 3.70. The molecule has 0 amide bonds. The van der Waals surface area contributed by atoms with Gasteiger partial charge in [-0.05, 0) is 53.6 Å². The average molecular weight is 609 g/mol. The molecular weight excluding hydrogens is 585 g/mol. The zero-order valence-electron chi connectivity index (χ0n) is 24.1. The monoisotopic (exact) mass is 608 g/mol. The summed E-state index contributed by atoms with van der Waals surface area (Å²) in [6.07, 6.45) is 0. The van der Waals surface area contributed by atoms with Gasteiger partial charge in [-0.1, -0.05) is 103 Å². The molecule has 0 aliphatic carbocycles. The maximum atomic E-state index is 5.35. The Balaban J connectivity index is 1.21. The lowest BCUT2D eigenvalue weighted by Crippen LogP contribution is -1.94. The Bertz CT molecular complexity index is 2750. The zero-order valence-corrected chi connectivity index (χ0v) is 25.7. The Morgan fingerprint density at radius 3 is 1.87 bits per heavy atom. The second-order valence-electron chi connectivity index (χ2n) is 11.5. The maximum Gasteiger partial charge on any atom is 0.0985 e. The molecule has 2 nitrogen and oxygen atoms in total. The minimum Gasteiger partial charge on any atom is -0.308 e. The first-order chi connectivity index (χ1) is 22.3. The molecule has 0 fully saturated rings. The summed E-state index contributed by atoms with van der Waals surface area (Å²) >= 11 is 3.75. The van der Waals surface area contributed by atoms with E-state index in [1.807, 2.05) is 22.7 Å². The number of fused-ring (bicyclic) bond motifs is 10. The first-order valence-electron chi connectivity index (χ1n) is 15.1. The largest absolute Gasteiger partial charge is 0.308 e. The van der Waals surface area contributed by atoms with Crippen molar-refractivity contribution in [1.29, 1.82) is 0 Å². The predicted octanol–water partition coefficient (Wildman–Crippen LogP) is 12.2. The Labute approximate surface area is 267 Å². The fourth-order valence-electron chi connectivity index (χ4n) is 6.95. The van der Waals surface area contributed by atoms with Crippen molar-refractivity contribution in [3.63, 3.8) is 0 Å². The highest BCUT2D eigenvalue weighted by molar-refractivity contribution is 7.27. The van der Waals surface area contributed by atoms with Crippen LogP contribution >= 0.6 is 22.7 Å². The van der Waals surface area contributed by atoms with E-state index in [4.69, 9.17) is 4.98 Å². The van der Waals surface area contributed by atoms with Crippen molar-refractivity contribution in [3.05, 3.63) is 146 Å². The number of thiophene rings is 2. The number of hydrogen-bond donors (Lipinski definition) is 0. The predicted molar refractivity (Wildman–Crippen MR) is 195 cm³/mol. The highest BCUT2D eigenvalue weighted by atomic mass is 32.1. The van der Waals surface area contributed by atoms with Crippen molar-refractivity contribution >= 4 is 85.0 Å². The van der Waals surface area contributed by atoms with Crippen molar-refractivity contribution in [2.45, 2.75) is 0 Å². The first kappa shape index (κ1) is 25.1. The second kappa shape index (κ2) is 9.60. The molecule has 4 heteroatoms. The van der Waals surface area contributed by atoms with Gasteiger partial charge >= 0.3 is 0 Å². The topological polar surface area (TPSA) is 17.8 Å². The zero-order chi connectivity index (χ0) is 29.5. The Morgan fingerprint density at radius 2 is 1.09 bits per heavy atom. The number of aromatic nitrogens is 2. The molecule has 10 rings (SSSR count). The number of hydrogen-bond acceptors (Lipinski definition) is 3. The summed E-state index contributed by atoms with van der Waals surface area (Å²) in [5.74, 6) is 0. The van der Waals surface area contributed by atoms with Crippen LogP contribution < -0.4 is 0 Å². The molecule has 0 spiro atoms. The minimum absolute atomic E-state index is 0.993. The molecule has 0 radical (unpaired) electrons. The fraction of sp³-hybridized carbons (Fsp3) is 0. The molecule has 10 aromatic rings. The first-order valence-corrected chi connectivity index (χ1v) is 16.8. The minimum atomic E-state index is 0.993. The molecule has 0 saturated carbocycles. The van der Waals surface area contributed by atoms with Crippen molar-refractivity contribution in [2.24, 2.45) is 0 Å². The number of nitrogens with zero attached hydrogens (tertiary/aromatic N) is 2. The lowest BCUT2D eigenvalue weighted by Gasteiger charge is -2.10. The molecule has 0 N–H and O–H groups in total. The van der Waals surface area contributed by atoms with Gasteiger partial charge in [-0.15, -0.1) is 22.7 Å². The van der Waals surface area contributed by atoms with Gasteiger partial charge in [0, 0.05) is 57.0 Å². The van der Waals surface area contributed by atoms with Gasteiger partial charge in [0.2, 0.25) is 0 Å². The molecule has 0 bridgehead atoms. The van der Waals surface area contributed by atoms with Crippen LogP contribution in [0.15, 0.2) is 146 Å². The van der Waals surface area contributed by atoms with E-state index in [0.29, 0.717) is 0 Å². The van der Waals surface area contributed by atoms with Crippen molar-refractivity contribution in [2.75, 3.05) is 0 Å². The summed E-state index contributed by atoms with van der Waals surface area (Å²) in [5.41, 5.74) is 9.11. The van der Waals surface area contributed by atoms with Crippen LogP contribution in [0.25, 0.3) is 90.4 Å². The summed E-state index contributed by atoms with van der Waals surface area (Å²) in [6.45, 7) is 0. The van der Waals surface area contributed by atoms with Gasteiger partial charge in [0.25, 0.3) is 0 Å². The van der Waals surface area contributed by atoms with Crippen LogP contribution in [-0.4, -0.2) is 9.55 Å². The molecule has 0 saturated heterocycles. The van der Waals surface area contributed by atoms with E-state index in [1.54, 1.807) is 0 Å². The smallest absolute Gasteiger partial charge is 0.0985 e. The summed E-state index contributed by atoms with van der Waals surface area (Å²) in [5, 5.41) is 6.48. The number of rotatable bonds is 3. The van der Waals surface area contributed by atoms with Crippen molar-refractivity contribution in [1.82, 2.24) is 9.55 Å². The molecule has 0 aliphatic rings. The van der Waals surface area contributed by atoms with Gasteiger partial charge in [-0.3, -0.25) is 0 Å². The third-order valence-electron chi connectivity index (χ3n) is 9.03. The van der Waals surface area contributed by atoms with Crippen LogP contribution in [0.5, 0.6) is 0 Å². The van der Waals surface area contributed by atoms with Crippen LogP contribution in [0.1, 0.15) is 0 Å². The van der Waals surface area contributed by atoms with Crippen LogP contribution in [0, 0.1) is 0 Å². The Hall–Kier alpha value is -5.29. The molecule has 210 valence electrons. The van der Waals surface area contributed by atoms with Gasteiger partial charge in [0.1, 0.15) is 0 Å². The van der Waals surface area contributed by atoms with Gasteiger partial charge in [-0.25, -0.2) is 4.98 Å². The summed E-state index contributed by atoms with van der Waals surface area (Å²) in [7, 11) is 0. The van der Waals surface area contributed by atoms with E-state index < -0.39 is 0 Å². The van der Waals surface area contributed by atoms with Crippen molar-refractivity contribution < 1.29 is 0 Å². The summed E-state index contributed by atoms with van der Waals surface area (Å²) < 4.78 is 7.66. The van der Waals surface area contributed by atoms with E-state index in [1.165, 1.54) is 62.4 Å². The average Bonchev–Trinajstić information content (AvgIpc) is 3.78. The lowest BCUT2D eigenvalue weighted by atomic mass is 10.0. The Kier molecular flexibility index (Phi) is 5.35. The van der Waals surface area contributed by atoms with E-state index in [9.17, 15) is 0 Å². The number of benzene rings is 6. The summed E-state index contributed by atoms with van der Waals surface area (Å²) in [4.78, 5) is 5.35. The normalized spacial score (nSPS) is 12.0. The highest BCUT2D eigenvalue weighted by Crippen LogP contribution is 2.44. The second-order valence-corrected chi connectivity index (χ2v) is 13.6. The highest BCUT2D eigenvalue weighted by Gasteiger charge is 2.19. The van der Waals surface area contributed by atoms with Crippen LogP contribution in [-0.2, 0) is 0 Å². The molecule has 6 aromatic carbocycles. The standard InChI is InChI=1S/C41H24N2S2/c1-2-9-26(10-3-1)33-22-24-35-39(42-33)38-34(23-21-32-30-12-5-7-16-37(30)45-41(32)38)43(35)27-19-17-25(18-20-27)28-13-8-14-31-29-11-4-6-15-36(29)44-40(28)31/h1-24H. The van der Waals surface area contributed by atoms with Crippen LogP contribution in [0.2, 0.25) is 0 Å². The SMILES string of the molecule is c1ccc(-c2ccc3c(n2)c2c4sc5ccccc5c4ccc2n3-c2ccc(-c3cccc4c3sc3ccccc34)cc2)cc1. The Morgan fingerprint density at radius 1 is 0.444 bits per heavy atom. The van der Waals surface area contributed by atoms with E-state index >= 15 is 0 Å². The molecule has 0 unspecified atom stereocenters. The lowest BCUT2D eigenvalue weighted by molar-refractivity contribution is 1.18.